The molecule has 1 rings (SSSR count). The van der Waals surface area contributed by atoms with Crippen LogP contribution in [-0.2, 0) is 16.1 Å². The first-order valence-electron chi connectivity index (χ1n) is 5.13. The molecule has 0 aliphatic carbocycles. The van der Waals surface area contributed by atoms with Gasteiger partial charge in [-0.1, -0.05) is 11.6 Å². The molecule has 1 aromatic heterocycles. The molecule has 0 atom stereocenters. The quantitative estimate of drug-likeness (QED) is 0.619. The lowest BCUT2D eigenvalue weighted by Crippen LogP contribution is -2.27. The van der Waals surface area contributed by atoms with Gasteiger partial charge in [0, 0.05) is 12.1 Å². The summed E-state index contributed by atoms with van der Waals surface area (Å²) in [4.78, 5) is 20.7. The summed E-state index contributed by atoms with van der Waals surface area (Å²) >= 11 is 5.90. The first kappa shape index (κ1) is 13.7. The summed E-state index contributed by atoms with van der Waals surface area (Å²) in [5.41, 5.74) is 6.29. The van der Waals surface area contributed by atoms with Crippen molar-refractivity contribution in [1.29, 1.82) is 0 Å². The van der Waals surface area contributed by atoms with Crippen LogP contribution in [0.3, 0.4) is 0 Å². The molecule has 0 saturated carbocycles. The van der Waals surface area contributed by atoms with Gasteiger partial charge in [-0.15, -0.1) is 0 Å². The van der Waals surface area contributed by atoms with Crippen LogP contribution in [0.15, 0.2) is 6.33 Å². The fraction of sp³-hybridized carbons (Fsp3) is 0.500. The maximum absolute atomic E-state index is 11.3. The van der Waals surface area contributed by atoms with Crippen molar-refractivity contribution in [2.75, 3.05) is 25.9 Å². The molecular formula is C10H15ClN4O2. The van der Waals surface area contributed by atoms with Gasteiger partial charge in [0.2, 0.25) is 0 Å². The Morgan fingerprint density at radius 3 is 2.88 bits per heavy atom. The third-order valence-electron chi connectivity index (χ3n) is 2.06. The molecule has 0 aliphatic heterocycles. The largest absolute Gasteiger partial charge is 0.465 e. The van der Waals surface area contributed by atoms with Crippen molar-refractivity contribution in [3.8, 4) is 0 Å². The summed E-state index contributed by atoms with van der Waals surface area (Å²) in [5.74, 6) is 0.0299. The van der Waals surface area contributed by atoms with Gasteiger partial charge in [-0.25, -0.2) is 9.97 Å². The number of hydrogen-bond donors (Lipinski definition) is 1. The molecule has 6 nitrogen and oxygen atoms in total. The molecule has 0 aromatic carbocycles. The van der Waals surface area contributed by atoms with Crippen molar-refractivity contribution in [3.05, 3.63) is 17.0 Å². The van der Waals surface area contributed by atoms with Crippen LogP contribution in [0.5, 0.6) is 0 Å². The Balaban J connectivity index is 2.62. The molecule has 0 fully saturated rings. The maximum Gasteiger partial charge on any atom is 0.320 e. The average Bonchev–Trinajstić information content (AvgIpc) is 2.24. The van der Waals surface area contributed by atoms with E-state index >= 15 is 0 Å². The minimum atomic E-state index is -0.290. The molecular weight excluding hydrogens is 244 g/mol. The van der Waals surface area contributed by atoms with Crippen LogP contribution < -0.4 is 5.73 Å². The van der Waals surface area contributed by atoms with Gasteiger partial charge >= 0.3 is 5.97 Å². The van der Waals surface area contributed by atoms with Crippen LogP contribution >= 0.6 is 11.6 Å². The number of nitrogen functional groups attached to an aromatic ring is 1. The molecule has 0 radical (unpaired) electrons. The lowest BCUT2D eigenvalue weighted by atomic mass is 10.3. The number of hydrogen-bond acceptors (Lipinski definition) is 6. The van der Waals surface area contributed by atoms with Crippen LogP contribution in [0.2, 0.25) is 5.15 Å². The summed E-state index contributed by atoms with van der Waals surface area (Å²) in [5, 5.41) is 0.299. The Morgan fingerprint density at radius 1 is 1.59 bits per heavy atom. The number of esters is 1. The van der Waals surface area contributed by atoms with Gasteiger partial charge in [0.25, 0.3) is 0 Å². The van der Waals surface area contributed by atoms with Gasteiger partial charge < -0.3 is 10.5 Å². The normalized spacial score (nSPS) is 10.6. The molecule has 7 heteroatoms. The van der Waals surface area contributed by atoms with Gasteiger partial charge in [0.05, 0.1) is 13.2 Å². The summed E-state index contributed by atoms with van der Waals surface area (Å²) < 4.78 is 4.83. The van der Waals surface area contributed by atoms with Crippen molar-refractivity contribution >= 4 is 23.4 Å². The molecule has 94 valence electrons. The van der Waals surface area contributed by atoms with E-state index in [0.29, 0.717) is 29.7 Å². The molecule has 0 unspecified atom stereocenters. The Bertz CT molecular complexity index is 380. The van der Waals surface area contributed by atoms with Gasteiger partial charge in [-0.2, -0.15) is 0 Å². The van der Waals surface area contributed by atoms with Crippen molar-refractivity contribution in [2.24, 2.45) is 0 Å². The van der Waals surface area contributed by atoms with Crippen LogP contribution in [0.4, 0.5) is 5.82 Å². The predicted molar refractivity (Wildman–Crippen MR) is 64.4 cm³/mol. The van der Waals surface area contributed by atoms with Gasteiger partial charge in [-0.05, 0) is 14.0 Å². The van der Waals surface area contributed by atoms with Crippen molar-refractivity contribution in [2.45, 2.75) is 13.5 Å². The van der Waals surface area contributed by atoms with Crippen molar-refractivity contribution in [1.82, 2.24) is 14.9 Å². The number of aromatic nitrogens is 2. The van der Waals surface area contributed by atoms with E-state index in [2.05, 4.69) is 9.97 Å². The summed E-state index contributed by atoms with van der Waals surface area (Å²) in [6.07, 6.45) is 1.30. The Kier molecular flexibility index (Phi) is 5.11. The number of likely N-dealkylation sites (N-methyl/N-ethyl adjacent to an activating group) is 1. The van der Waals surface area contributed by atoms with E-state index in [1.807, 2.05) is 0 Å². The fourth-order valence-corrected chi connectivity index (χ4v) is 1.50. The monoisotopic (exact) mass is 258 g/mol. The molecule has 0 aliphatic rings. The van der Waals surface area contributed by atoms with E-state index in [1.165, 1.54) is 6.33 Å². The van der Waals surface area contributed by atoms with Crippen LogP contribution in [0.25, 0.3) is 0 Å². The average molecular weight is 259 g/mol. The van der Waals surface area contributed by atoms with Gasteiger partial charge in [0.15, 0.2) is 0 Å². The topological polar surface area (TPSA) is 81.3 Å². The Hall–Kier alpha value is -1.40. The first-order chi connectivity index (χ1) is 8.04. The smallest absolute Gasteiger partial charge is 0.320 e. The van der Waals surface area contributed by atoms with E-state index in [4.69, 9.17) is 22.1 Å². The van der Waals surface area contributed by atoms with Crippen LogP contribution in [0.1, 0.15) is 12.5 Å². The van der Waals surface area contributed by atoms with E-state index in [0.717, 1.165) is 0 Å². The summed E-state index contributed by atoms with van der Waals surface area (Å²) in [7, 11) is 1.76. The minimum Gasteiger partial charge on any atom is -0.465 e. The first-order valence-corrected chi connectivity index (χ1v) is 5.51. The molecule has 0 amide bonds. The van der Waals surface area contributed by atoms with Crippen molar-refractivity contribution < 1.29 is 9.53 Å². The highest BCUT2D eigenvalue weighted by molar-refractivity contribution is 6.30. The number of carbonyl (C=O) groups is 1. The molecule has 1 aromatic rings. The number of nitrogens with zero attached hydrogens (tertiary/aromatic N) is 3. The number of rotatable bonds is 5. The zero-order valence-electron chi connectivity index (χ0n) is 9.81. The molecule has 17 heavy (non-hydrogen) atoms. The number of anilines is 1. The van der Waals surface area contributed by atoms with Gasteiger partial charge in [0.1, 0.15) is 17.3 Å². The molecule has 0 bridgehead atoms. The van der Waals surface area contributed by atoms with Gasteiger partial charge in [-0.3, -0.25) is 9.69 Å². The standard InChI is InChI=1S/C10H15ClN4O2/c1-3-17-8(16)5-15(2)4-7-9(11)13-6-14-10(7)12/h6H,3-5H2,1-2H3,(H2,12,13,14). The number of ether oxygens (including phenoxy) is 1. The lowest BCUT2D eigenvalue weighted by molar-refractivity contribution is -0.144. The second kappa shape index (κ2) is 6.36. The Labute approximate surface area is 105 Å². The summed E-state index contributed by atoms with van der Waals surface area (Å²) in [6.45, 7) is 2.69. The molecule has 2 N–H and O–H groups in total. The van der Waals surface area contributed by atoms with Crippen LogP contribution in [-0.4, -0.2) is 41.0 Å². The predicted octanol–water partition coefficient (Wildman–Crippen LogP) is 0.707. The SMILES string of the molecule is CCOC(=O)CN(C)Cc1c(N)ncnc1Cl. The molecule has 1 heterocycles. The highest BCUT2D eigenvalue weighted by atomic mass is 35.5. The van der Waals surface area contributed by atoms with E-state index in [9.17, 15) is 4.79 Å². The second-order valence-corrected chi connectivity index (χ2v) is 3.86. The number of nitrogens with two attached hydrogens (primary N) is 1. The van der Waals surface area contributed by atoms with E-state index in [1.54, 1.807) is 18.9 Å². The zero-order valence-corrected chi connectivity index (χ0v) is 10.6. The third kappa shape index (κ3) is 4.16. The zero-order chi connectivity index (χ0) is 12.8. The third-order valence-corrected chi connectivity index (χ3v) is 2.38. The molecule has 0 saturated heterocycles. The second-order valence-electron chi connectivity index (χ2n) is 3.51. The molecule has 0 spiro atoms. The summed E-state index contributed by atoms with van der Waals surface area (Å²) in [6, 6.07) is 0. The number of carbonyl (C=O) groups excluding carboxylic acids is 1. The minimum absolute atomic E-state index is 0.165. The van der Waals surface area contributed by atoms with Crippen LogP contribution in [0, 0.1) is 0 Å². The Morgan fingerprint density at radius 2 is 2.29 bits per heavy atom. The fourth-order valence-electron chi connectivity index (χ4n) is 1.30. The van der Waals surface area contributed by atoms with E-state index in [-0.39, 0.29) is 12.5 Å². The maximum atomic E-state index is 11.3. The highest BCUT2D eigenvalue weighted by Crippen LogP contribution is 2.18. The lowest BCUT2D eigenvalue weighted by Gasteiger charge is -2.16. The van der Waals surface area contributed by atoms with Crippen molar-refractivity contribution in [3.63, 3.8) is 0 Å². The number of halogens is 1. The highest BCUT2D eigenvalue weighted by Gasteiger charge is 2.13. The van der Waals surface area contributed by atoms with E-state index < -0.39 is 0 Å².